The Labute approximate surface area is 301 Å². The predicted molar refractivity (Wildman–Crippen MR) is 220 cm³/mol. The van der Waals surface area contributed by atoms with Gasteiger partial charge in [-0.15, -0.1) is 0 Å². The van der Waals surface area contributed by atoms with Crippen molar-refractivity contribution in [2.75, 3.05) is 11.5 Å². The SMILES string of the molecule is Nc1ccc(-c2ccc(-n3c4ccccc4c4cc(-c5ccc6c(c5)c5ccccc5n6-c5ccc(-c6ccc(N)cc6)cc5)ccc43)cc2)cc1. The molecule has 52 heavy (non-hydrogen) atoms. The van der Waals surface area contributed by atoms with Crippen molar-refractivity contribution in [3.8, 4) is 44.8 Å². The van der Waals surface area contributed by atoms with Crippen LogP contribution in [-0.2, 0) is 0 Å². The molecule has 0 amide bonds. The third-order valence-corrected chi connectivity index (χ3v) is 10.4. The summed E-state index contributed by atoms with van der Waals surface area (Å²) >= 11 is 0. The van der Waals surface area contributed by atoms with E-state index in [9.17, 15) is 0 Å². The van der Waals surface area contributed by atoms with Crippen LogP contribution in [0.3, 0.4) is 0 Å². The topological polar surface area (TPSA) is 61.9 Å². The zero-order valence-electron chi connectivity index (χ0n) is 28.4. The first-order valence-corrected chi connectivity index (χ1v) is 17.6. The summed E-state index contributed by atoms with van der Waals surface area (Å²) in [7, 11) is 0. The lowest BCUT2D eigenvalue weighted by atomic mass is 10.0. The molecule has 0 radical (unpaired) electrons. The average molecular weight is 667 g/mol. The van der Waals surface area contributed by atoms with Gasteiger partial charge in [0.1, 0.15) is 0 Å². The fourth-order valence-electron chi connectivity index (χ4n) is 7.82. The minimum absolute atomic E-state index is 0.772. The van der Waals surface area contributed by atoms with Gasteiger partial charge in [-0.3, -0.25) is 0 Å². The number of aromatic nitrogens is 2. The van der Waals surface area contributed by atoms with Gasteiger partial charge in [0.2, 0.25) is 0 Å². The molecular weight excluding hydrogens is 633 g/mol. The van der Waals surface area contributed by atoms with Crippen LogP contribution in [-0.4, -0.2) is 9.13 Å². The quantitative estimate of drug-likeness (QED) is 0.180. The van der Waals surface area contributed by atoms with Crippen molar-refractivity contribution in [2.24, 2.45) is 0 Å². The number of hydrogen-bond donors (Lipinski definition) is 2. The van der Waals surface area contributed by atoms with E-state index in [2.05, 4.69) is 167 Å². The highest BCUT2D eigenvalue weighted by Crippen LogP contribution is 2.39. The predicted octanol–water partition coefficient (Wildman–Crippen LogP) is 12.0. The summed E-state index contributed by atoms with van der Waals surface area (Å²) in [6.45, 7) is 0. The van der Waals surface area contributed by atoms with E-state index in [-0.39, 0.29) is 0 Å². The second-order valence-electron chi connectivity index (χ2n) is 13.5. The first kappa shape index (κ1) is 29.8. The Morgan fingerprint density at radius 1 is 0.269 bits per heavy atom. The number of benzene rings is 8. The number of hydrogen-bond acceptors (Lipinski definition) is 2. The molecule has 4 nitrogen and oxygen atoms in total. The Balaban J connectivity index is 1.06. The normalized spacial score (nSPS) is 11.6. The van der Waals surface area contributed by atoms with Crippen LogP contribution in [0.2, 0.25) is 0 Å². The van der Waals surface area contributed by atoms with Gasteiger partial charge in [0, 0.05) is 44.3 Å². The zero-order chi connectivity index (χ0) is 34.8. The fraction of sp³-hybridized carbons (Fsp3) is 0. The van der Waals surface area contributed by atoms with Crippen LogP contribution < -0.4 is 11.5 Å². The van der Waals surface area contributed by atoms with E-state index in [1.807, 2.05) is 24.3 Å². The summed E-state index contributed by atoms with van der Waals surface area (Å²) in [5.41, 5.74) is 27.5. The van der Waals surface area contributed by atoms with E-state index < -0.39 is 0 Å². The Kier molecular flexibility index (Phi) is 6.76. The number of nitrogen functional groups attached to an aromatic ring is 2. The van der Waals surface area contributed by atoms with Gasteiger partial charge in [0.05, 0.1) is 22.1 Å². The highest BCUT2D eigenvalue weighted by atomic mass is 15.0. The van der Waals surface area contributed by atoms with Crippen molar-refractivity contribution < 1.29 is 0 Å². The van der Waals surface area contributed by atoms with Crippen molar-refractivity contribution in [3.05, 3.63) is 182 Å². The van der Waals surface area contributed by atoms with Gasteiger partial charge < -0.3 is 20.6 Å². The lowest BCUT2D eigenvalue weighted by Crippen LogP contribution is -1.94. The maximum absolute atomic E-state index is 5.93. The minimum Gasteiger partial charge on any atom is -0.399 e. The molecule has 0 fully saturated rings. The fourth-order valence-corrected chi connectivity index (χ4v) is 7.82. The number of anilines is 2. The smallest absolute Gasteiger partial charge is 0.0541 e. The van der Waals surface area contributed by atoms with E-state index in [0.717, 1.165) is 33.9 Å². The van der Waals surface area contributed by atoms with Gasteiger partial charge in [0.25, 0.3) is 0 Å². The third kappa shape index (κ3) is 4.84. The summed E-state index contributed by atoms with van der Waals surface area (Å²) in [5.74, 6) is 0. The van der Waals surface area contributed by atoms with Crippen LogP contribution in [0.1, 0.15) is 0 Å². The molecule has 0 aliphatic rings. The average Bonchev–Trinajstić information content (AvgIpc) is 3.71. The summed E-state index contributed by atoms with van der Waals surface area (Å²) in [6.07, 6.45) is 0. The molecule has 4 N–H and O–H groups in total. The first-order valence-electron chi connectivity index (χ1n) is 17.6. The zero-order valence-corrected chi connectivity index (χ0v) is 28.4. The van der Waals surface area contributed by atoms with Crippen molar-refractivity contribution in [1.82, 2.24) is 9.13 Å². The summed E-state index contributed by atoms with van der Waals surface area (Å²) in [4.78, 5) is 0. The molecule has 0 saturated carbocycles. The van der Waals surface area contributed by atoms with Gasteiger partial charge in [-0.25, -0.2) is 0 Å². The molecule has 8 aromatic carbocycles. The number of fused-ring (bicyclic) bond motifs is 6. The van der Waals surface area contributed by atoms with E-state index in [1.165, 1.54) is 65.9 Å². The van der Waals surface area contributed by atoms with Crippen molar-refractivity contribution in [3.63, 3.8) is 0 Å². The highest BCUT2D eigenvalue weighted by molar-refractivity contribution is 6.12. The molecule has 0 unspecified atom stereocenters. The molecule has 0 atom stereocenters. The number of nitrogens with two attached hydrogens (primary N) is 2. The lowest BCUT2D eigenvalue weighted by Gasteiger charge is -2.11. The third-order valence-electron chi connectivity index (χ3n) is 10.4. The highest BCUT2D eigenvalue weighted by Gasteiger charge is 2.16. The van der Waals surface area contributed by atoms with E-state index in [4.69, 9.17) is 11.5 Å². The van der Waals surface area contributed by atoms with Gasteiger partial charge >= 0.3 is 0 Å². The first-order chi connectivity index (χ1) is 25.6. The standard InChI is InChI=1S/C48H34N4/c49-37-19-9-31(10-20-37)33-13-23-39(24-14-33)51-45-7-3-1-5-41(45)43-29-35(17-27-47(43)51)36-18-28-48-44(30-36)42-6-2-4-8-46(42)52(48)40-25-15-34(16-26-40)32-11-21-38(50)22-12-32/h1-30H,49-50H2. The largest absolute Gasteiger partial charge is 0.399 e. The Hall–Kier alpha value is -7.04. The van der Waals surface area contributed by atoms with Crippen molar-refractivity contribution in [1.29, 1.82) is 0 Å². The van der Waals surface area contributed by atoms with E-state index >= 15 is 0 Å². The van der Waals surface area contributed by atoms with Crippen LogP contribution in [0.5, 0.6) is 0 Å². The second-order valence-corrected chi connectivity index (χ2v) is 13.5. The minimum atomic E-state index is 0.772. The number of para-hydroxylation sites is 2. The monoisotopic (exact) mass is 666 g/mol. The van der Waals surface area contributed by atoms with Gasteiger partial charge in [-0.1, -0.05) is 97.1 Å². The molecule has 0 aliphatic carbocycles. The second kappa shape index (κ2) is 11.8. The van der Waals surface area contributed by atoms with E-state index in [1.54, 1.807) is 0 Å². The van der Waals surface area contributed by atoms with Crippen molar-refractivity contribution >= 4 is 55.0 Å². The molecule has 2 heterocycles. The Bertz CT molecular complexity index is 2720. The van der Waals surface area contributed by atoms with Crippen LogP contribution in [0.4, 0.5) is 11.4 Å². The molecule has 0 spiro atoms. The maximum Gasteiger partial charge on any atom is 0.0541 e. The van der Waals surface area contributed by atoms with Crippen LogP contribution in [0.25, 0.3) is 88.4 Å². The summed E-state index contributed by atoms with van der Waals surface area (Å²) in [6, 6.07) is 64.9. The molecule has 10 rings (SSSR count). The summed E-state index contributed by atoms with van der Waals surface area (Å²) in [5, 5.41) is 4.95. The Morgan fingerprint density at radius 2 is 0.577 bits per heavy atom. The lowest BCUT2D eigenvalue weighted by molar-refractivity contribution is 1.18. The van der Waals surface area contributed by atoms with Gasteiger partial charge in [-0.05, 0) is 118 Å². The summed E-state index contributed by atoms with van der Waals surface area (Å²) < 4.78 is 4.74. The molecular formula is C48H34N4. The molecule has 0 bridgehead atoms. The molecule has 0 saturated heterocycles. The molecule has 10 aromatic rings. The van der Waals surface area contributed by atoms with Gasteiger partial charge in [0.15, 0.2) is 0 Å². The van der Waals surface area contributed by atoms with Crippen LogP contribution >= 0.6 is 0 Å². The Morgan fingerprint density at radius 3 is 0.962 bits per heavy atom. The van der Waals surface area contributed by atoms with Crippen LogP contribution in [0, 0.1) is 0 Å². The maximum atomic E-state index is 5.93. The molecule has 246 valence electrons. The number of nitrogens with zero attached hydrogens (tertiary/aromatic N) is 2. The van der Waals surface area contributed by atoms with Crippen molar-refractivity contribution in [2.45, 2.75) is 0 Å². The van der Waals surface area contributed by atoms with Gasteiger partial charge in [-0.2, -0.15) is 0 Å². The number of rotatable bonds is 5. The molecule has 2 aromatic heterocycles. The van der Waals surface area contributed by atoms with E-state index in [0.29, 0.717) is 0 Å². The van der Waals surface area contributed by atoms with Crippen LogP contribution in [0.15, 0.2) is 182 Å². The molecule has 4 heteroatoms. The molecule has 0 aliphatic heterocycles.